The molecule has 0 saturated heterocycles. The van der Waals surface area contributed by atoms with Crippen LogP contribution < -0.4 is 10.1 Å². The number of rotatable bonds is 6. The smallest absolute Gasteiger partial charge is 0.174 e. The van der Waals surface area contributed by atoms with Gasteiger partial charge in [0.05, 0.1) is 25.1 Å². The van der Waals surface area contributed by atoms with Crippen LogP contribution in [0, 0.1) is 0 Å². The molecule has 0 bridgehead atoms. The molecule has 1 aliphatic rings. The van der Waals surface area contributed by atoms with Crippen molar-refractivity contribution >= 4 is 23.0 Å². The molecular formula is C19H24N2O2S. The largest absolute Gasteiger partial charge is 0.492 e. The van der Waals surface area contributed by atoms with Crippen LogP contribution in [0.5, 0.6) is 5.75 Å². The Bertz CT molecular complexity index is 651. The number of hydrogen-bond donors (Lipinski definition) is 1. The lowest BCUT2D eigenvalue weighted by Gasteiger charge is -2.31. The molecular weight excluding hydrogens is 320 g/mol. The van der Waals surface area contributed by atoms with Crippen LogP contribution in [0.15, 0.2) is 47.1 Å². The van der Waals surface area contributed by atoms with E-state index in [9.17, 15) is 0 Å². The van der Waals surface area contributed by atoms with E-state index in [1.54, 1.807) is 6.26 Å². The summed E-state index contributed by atoms with van der Waals surface area (Å²) in [5.41, 5.74) is 0.909. The Balaban J connectivity index is 1.75. The van der Waals surface area contributed by atoms with Crippen molar-refractivity contribution in [3.05, 3.63) is 48.4 Å². The van der Waals surface area contributed by atoms with E-state index >= 15 is 0 Å². The van der Waals surface area contributed by atoms with E-state index in [-0.39, 0.29) is 0 Å². The zero-order valence-corrected chi connectivity index (χ0v) is 14.8. The van der Waals surface area contributed by atoms with Crippen molar-refractivity contribution in [1.82, 2.24) is 4.90 Å². The lowest BCUT2D eigenvalue weighted by molar-refractivity contribution is 0.286. The summed E-state index contributed by atoms with van der Waals surface area (Å²) in [5, 5.41) is 4.10. The maximum Gasteiger partial charge on any atom is 0.174 e. The maximum absolute atomic E-state index is 5.73. The first-order chi connectivity index (χ1) is 11.8. The lowest BCUT2D eigenvalue weighted by Crippen LogP contribution is -2.40. The van der Waals surface area contributed by atoms with Crippen molar-refractivity contribution in [2.24, 2.45) is 0 Å². The fraction of sp³-hybridized carbons (Fsp3) is 0.421. The van der Waals surface area contributed by atoms with Crippen LogP contribution >= 0.6 is 12.2 Å². The molecule has 1 heterocycles. The highest BCUT2D eigenvalue weighted by molar-refractivity contribution is 7.80. The van der Waals surface area contributed by atoms with Crippen molar-refractivity contribution in [1.29, 1.82) is 0 Å². The zero-order chi connectivity index (χ0) is 16.8. The molecule has 0 unspecified atom stereocenters. The van der Waals surface area contributed by atoms with Gasteiger partial charge in [0.1, 0.15) is 11.5 Å². The number of nitrogens with zero attached hydrogens (tertiary/aromatic N) is 1. The van der Waals surface area contributed by atoms with Gasteiger partial charge in [0.15, 0.2) is 5.11 Å². The number of para-hydroxylation sites is 2. The first-order valence-electron chi connectivity index (χ1n) is 8.59. The number of hydrogen-bond acceptors (Lipinski definition) is 3. The first kappa shape index (κ1) is 16.8. The molecule has 1 aromatic carbocycles. The third-order valence-electron chi connectivity index (χ3n) is 4.36. The number of benzene rings is 1. The highest BCUT2D eigenvalue weighted by Crippen LogP contribution is 2.28. The molecule has 5 heteroatoms. The number of thiocarbonyl (C=S) groups is 1. The zero-order valence-electron chi connectivity index (χ0n) is 14.0. The van der Waals surface area contributed by atoms with Gasteiger partial charge in [-0.05, 0) is 56.2 Å². The predicted octanol–water partition coefficient (Wildman–Crippen LogP) is 4.82. The van der Waals surface area contributed by atoms with Crippen molar-refractivity contribution in [3.8, 4) is 5.75 Å². The highest BCUT2D eigenvalue weighted by atomic mass is 32.1. The van der Waals surface area contributed by atoms with E-state index < -0.39 is 0 Å². The molecule has 0 atom stereocenters. The van der Waals surface area contributed by atoms with Crippen molar-refractivity contribution in [3.63, 3.8) is 0 Å². The fourth-order valence-corrected chi connectivity index (χ4v) is 3.51. The van der Waals surface area contributed by atoms with E-state index in [1.165, 1.54) is 25.7 Å². The fourth-order valence-electron chi connectivity index (χ4n) is 3.19. The number of ether oxygens (including phenoxy) is 1. The Hall–Kier alpha value is -2.01. The minimum absolute atomic E-state index is 0.467. The second-order valence-corrected chi connectivity index (χ2v) is 6.39. The van der Waals surface area contributed by atoms with Gasteiger partial charge in [-0.1, -0.05) is 25.0 Å². The standard InChI is InChI=1S/C19H24N2O2S/c1-2-22-18-12-6-5-11-17(18)20-19(24)21(15-8-3-4-9-15)14-16-10-7-13-23-16/h5-7,10-13,15H,2-4,8-9,14H2,1H3,(H,20,24). The normalized spacial score (nSPS) is 14.5. The molecule has 0 radical (unpaired) electrons. The molecule has 0 aliphatic heterocycles. The molecule has 0 amide bonds. The molecule has 128 valence electrons. The Morgan fingerprint density at radius 3 is 2.75 bits per heavy atom. The second kappa shape index (κ2) is 8.20. The van der Waals surface area contributed by atoms with E-state index in [0.717, 1.165) is 22.3 Å². The summed E-state index contributed by atoms with van der Waals surface area (Å²) < 4.78 is 11.2. The Kier molecular flexibility index (Phi) is 5.75. The van der Waals surface area contributed by atoms with Gasteiger partial charge in [0.2, 0.25) is 0 Å². The minimum Gasteiger partial charge on any atom is -0.492 e. The summed E-state index contributed by atoms with van der Waals surface area (Å²) in [5.74, 6) is 1.76. The summed E-state index contributed by atoms with van der Waals surface area (Å²) >= 11 is 5.73. The molecule has 1 aromatic heterocycles. The Morgan fingerprint density at radius 2 is 2.04 bits per heavy atom. The predicted molar refractivity (Wildman–Crippen MR) is 100 cm³/mol. The SMILES string of the molecule is CCOc1ccccc1NC(=S)N(Cc1ccco1)C1CCCC1. The molecule has 3 rings (SSSR count). The van der Waals surface area contributed by atoms with E-state index in [1.807, 2.05) is 43.3 Å². The molecule has 24 heavy (non-hydrogen) atoms. The van der Waals surface area contributed by atoms with Crippen molar-refractivity contribution in [2.75, 3.05) is 11.9 Å². The van der Waals surface area contributed by atoms with Gasteiger partial charge >= 0.3 is 0 Å². The monoisotopic (exact) mass is 344 g/mol. The average molecular weight is 344 g/mol. The number of furan rings is 1. The summed E-state index contributed by atoms with van der Waals surface area (Å²) in [7, 11) is 0. The second-order valence-electron chi connectivity index (χ2n) is 6.00. The summed E-state index contributed by atoms with van der Waals surface area (Å²) in [6, 6.07) is 12.3. The molecule has 1 aliphatic carbocycles. The summed E-state index contributed by atoms with van der Waals surface area (Å²) in [6.45, 7) is 3.31. The number of nitrogens with one attached hydrogen (secondary N) is 1. The van der Waals surface area contributed by atoms with Gasteiger partial charge in [-0.25, -0.2) is 0 Å². The maximum atomic E-state index is 5.73. The van der Waals surface area contributed by atoms with Gasteiger partial charge in [-0.3, -0.25) is 0 Å². The van der Waals surface area contributed by atoms with Gasteiger partial charge in [0, 0.05) is 6.04 Å². The molecule has 4 nitrogen and oxygen atoms in total. The third kappa shape index (κ3) is 4.09. The summed E-state index contributed by atoms with van der Waals surface area (Å²) in [4.78, 5) is 2.25. The van der Waals surface area contributed by atoms with Crippen molar-refractivity contribution < 1.29 is 9.15 Å². The third-order valence-corrected chi connectivity index (χ3v) is 4.70. The Labute approximate surface area is 148 Å². The van der Waals surface area contributed by atoms with E-state index in [4.69, 9.17) is 21.4 Å². The molecule has 1 fully saturated rings. The van der Waals surface area contributed by atoms with Crippen molar-refractivity contribution in [2.45, 2.75) is 45.2 Å². The van der Waals surface area contributed by atoms with Gasteiger partial charge in [0.25, 0.3) is 0 Å². The topological polar surface area (TPSA) is 37.6 Å². The number of anilines is 1. The average Bonchev–Trinajstić information content (AvgIpc) is 3.28. The highest BCUT2D eigenvalue weighted by Gasteiger charge is 2.26. The molecule has 1 N–H and O–H groups in total. The van der Waals surface area contributed by atoms with E-state index in [2.05, 4.69) is 10.2 Å². The van der Waals surface area contributed by atoms with Crippen LogP contribution in [0.3, 0.4) is 0 Å². The van der Waals surface area contributed by atoms with Gasteiger partial charge in [-0.15, -0.1) is 0 Å². The van der Waals surface area contributed by atoms with Gasteiger partial charge < -0.3 is 19.4 Å². The quantitative estimate of drug-likeness (QED) is 0.761. The lowest BCUT2D eigenvalue weighted by atomic mass is 10.2. The van der Waals surface area contributed by atoms with Crippen LogP contribution in [-0.2, 0) is 6.54 Å². The van der Waals surface area contributed by atoms with Crippen LogP contribution in [0.4, 0.5) is 5.69 Å². The molecule has 2 aromatic rings. The van der Waals surface area contributed by atoms with Crippen LogP contribution in [-0.4, -0.2) is 22.7 Å². The first-order valence-corrected chi connectivity index (χ1v) is 9.00. The summed E-state index contributed by atoms with van der Waals surface area (Å²) in [6.07, 6.45) is 6.59. The van der Waals surface area contributed by atoms with Gasteiger partial charge in [-0.2, -0.15) is 0 Å². The Morgan fingerprint density at radius 1 is 1.25 bits per heavy atom. The molecule has 0 spiro atoms. The van der Waals surface area contributed by atoms with Crippen LogP contribution in [0.25, 0.3) is 0 Å². The minimum atomic E-state index is 0.467. The van der Waals surface area contributed by atoms with Crippen LogP contribution in [0.1, 0.15) is 38.4 Å². The van der Waals surface area contributed by atoms with E-state index in [0.29, 0.717) is 19.2 Å². The van der Waals surface area contributed by atoms with Crippen LogP contribution in [0.2, 0.25) is 0 Å². The molecule has 1 saturated carbocycles.